The van der Waals surface area contributed by atoms with E-state index in [0.717, 1.165) is 12.8 Å². The van der Waals surface area contributed by atoms with Crippen molar-refractivity contribution >= 4 is 5.97 Å². The predicted molar refractivity (Wildman–Crippen MR) is 65.9 cm³/mol. The predicted octanol–water partition coefficient (Wildman–Crippen LogP) is 3.15. The highest BCUT2D eigenvalue weighted by Gasteiger charge is 2.43. The molecular formula is C13H22F3NO2. The molecule has 0 aromatic heterocycles. The minimum absolute atomic E-state index is 0.00887. The van der Waals surface area contributed by atoms with Crippen LogP contribution in [0.25, 0.3) is 0 Å². The number of hydrogen-bond donors (Lipinski definition) is 1. The minimum atomic E-state index is -4.28. The highest BCUT2D eigenvalue weighted by Crippen LogP contribution is 2.40. The molecule has 0 heterocycles. The van der Waals surface area contributed by atoms with Crippen LogP contribution in [0.4, 0.5) is 13.2 Å². The summed E-state index contributed by atoms with van der Waals surface area (Å²) in [6.07, 6.45) is -1.79. The highest BCUT2D eigenvalue weighted by atomic mass is 19.4. The molecule has 1 rings (SSSR count). The largest absolute Gasteiger partial charge is 0.481 e. The summed E-state index contributed by atoms with van der Waals surface area (Å²) in [5.74, 6) is -0.495. The van der Waals surface area contributed by atoms with Gasteiger partial charge in [0, 0.05) is 6.54 Å². The first-order valence-corrected chi connectivity index (χ1v) is 6.71. The summed E-state index contributed by atoms with van der Waals surface area (Å²) >= 11 is 0. The normalized spacial score (nSPS) is 28.6. The molecule has 6 heteroatoms. The van der Waals surface area contributed by atoms with Gasteiger partial charge in [0.2, 0.25) is 0 Å². The van der Waals surface area contributed by atoms with Gasteiger partial charge in [-0.15, -0.1) is 0 Å². The molecular weight excluding hydrogens is 259 g/mol. The summed E-state index contributed by atoms with van der Waals surface area (Å²) in [7, 11) is 0. The Morgan fingerprint density at radius 2 is 1.89 bits per heavy atom. The van der Waals surface area contributed by atoms with Crippen LogP contribution in [0.1, 0.15) is 39.5 Å². The Morgan fingerprint density at radius 3 is 2.26 bits per heavy atom. The third-order valence-corrected chi connectivity index (χ3v) is 4.06. The Balaban J connectivity index is 2.74. The molecule has 0 aromatic carbocycles. The lowest BCUT2D eigenvalue weighted by Gasteiger charge is -2.39. The van der Waals surface area contributed by atoms with Crippen LogP contribution in [-0.4, -0.2) is 41.8 Å². The fourth-order valence-electron chi connectivity index (χ4n) is 2.72. The van der Waals surface area contributed by atoms with Crippen molar-refractivity contribution in [2.24, 2.45) is 11.3 Å². The van der Waals surface area contributed by atoms with E-state index in [-0.39, 0.29) is 13.1 Å². The molecule has 0 saturated heterocycles. The Labute approximate surface area is 111 Å². The van der Waals surface area contributed by atoms with E-state index in [1.54, 1.807) is 6.92 Å². The van der Waals surface area contributed by atoms with Crippen molar-refractivity contribution in [1.29, 1.82) is 0 Å². The zero-order valence-corrected chi connectivity index (χ0v) is 11.5. The number of carboxylic acid groups (broad SMARTS) is 1. The van der Waals surface area contributed by atoms with Crippen LogP contribution >= 0.6 is 0 Å². The number of aliphatic carboxylic acids is 1. The highest BCUT2D eigenvalue weighted by molar-refractivity contribution is 5.75. The van der Waals surface area contributed by atoms with Gasteiger partial charge in [0.15, 0.2) is 0 Å². The van der Waals surface area contributed by atoms with E-state index in [9.17, 15) is 23.1 Å². The Morgan fingerprint density at radius 1 is 1.37 bits per heavy atom. The first kappa shape index (κ1) is 16.3. The summed E-state index contributed by atoms with van der Waals surface area (Å²) < 4.78 is 37.3. The van der Waals surface area contributed by atoms with Crippen molar-refractivity contribution in [3.05, 3.63) is 0 Å². The van der Waals surface area contributed by atoms with Crippen molar-refractivity contribution in [3.8, 4) is 0 Å². The molecule has 0 spiro atoms. The molecule has 3 nitrogen and oxygen atoms in total. The van der Waals surface area contributed by atoms with Gasteiger partial charge >= 0.3 is 12.1 Å². The second-order valence-corrected chi connectivity index (χ2v) is 5.69. The number of carboxylic acids is 1. The van der Waals surface area contributed by atoms with E-state index in [4.69, 9.17) is 0 Å². The van der Waals surface area contributed by atoms with Gasteiger partial charge in [-0.2, -0.15) is 13.2 Å². The summed E-state index contributed by atoms with van der Waals surface area (Å²) in [5, 5.41) is 9.41. The van der Waals surface area contributed by atoms with Gasteiger partial charge in [0.05, 0.1) is 12.0 Å². The SMILES string of the molecule is CCN(CC(F)(F)F)CC1(C(=O)O)CCC(C)CC1. The Kier molecular flexibility index (Phi) is 5.24. The molecule has 1 aliphatic rings. The van der Waals surface area contributed by atoms with Crippen LogP contribution in [0.3, 0.4) is 0 Å². The molecule has 19 heavy (non-hydrogen) atoms. The summed E-state index contributed by atoms with van der Waals surface area (Å²) in [5.41, 5.74) is -1.01. The monoisotopic (exact) mass is 281 g/mol. The molecule has 1 N–H and O–H groups in total. The number of nitrogens with zero attached hydrogens (tertiary/aromatic N) is 1. The van der Waals surface area contributed by atoms with Gasteiger partial charge in [-0.25, -0.2) is 0 Å². The molecule has 0 radical (unpaired) electrons. The maximum absolute atomic E-state index is 12.4. The van der Waals surface area contributed by atoms with E-state index in [1.165, 1.54) is 4.90 Å². The number of rotatable bonds is 5. The fourth-order valence-corrected chi connectivity index (χ4v) is 2.72. The zero-order chi connectivity index (χ0) is 14.7. The standard InChI is InChI=1S/C13H22F3NO2/c1-3-17(9-13(14,15)16)8-12(11(18)19)6-4-10(2)5-7-12/h10H,3-9H2,1-2H3,(H,18,19). The third kappa shape index (κ3) is 4.67. The smallest absolute Gasteiger partial charge is 0.401 e. The van der Waals surface area contributed by atoms with E-state index in [1.807, 2.05) is 0 Å². The van der Waals surface area contributed by atoms with Crippen LogP contribution in [-0.2, 0) is 4.79 Å². The topological polar surface area (TPSA) is 40.5 Å². The molecule has 0 bridgehead atoms. The molecule has 1 aliphatic carbocycles. The van der Waals surface area contributed by atoms with Gasteiger partial charge in [-0.1, -0.05) is 13.8 Å². The van der Waals surface area contributed by atoms with Crippen LogP contribution in [0.5, 0.6) is 0 Å². The minimum Gasteiger partial charge on any atom is -0.481 e. The summed E-state index contributed by atoms with van der Waals surface area (Å²) in [6, 6.07) is 0. The fraction of sp³-hybridized carbons (Fsp3) is 0.923. The van der Waals surface area contributed by atoms with E-state index in [2.05, 4.69) is 6.92 Å². The zero-order valence-electron chi connectivity index (χ0n) is 11.5. The average molecular weight is 281 g/mol. The van der Waals surface area contributed by atoms with Crippen molar-refractivity contribution in [2.75, 3.05) is 19.6 Å². The maximum atomic E-state index is 12.4. The summed E-state index contributed by atoms with van der Waals surface area (Å²) in [4.78, 5) is 12.7. The third-order valence-electron chi connectivity index (χ3n) is 4.06. The molecule has 0 aliphatic heterocycles. The Hall–Kier alpha value is -0.780. The first-order valence-electron chi connectivity index (χ1n) is 6.71. The first-order chi connectivity index (χ1) is 8.68. The van der Waals surface area contributed by atoms with Gasteiger partial charge in [0.25, 0.3) is 0 Å². The van der Waals surface area contributed by atoms with Gasteiger partial charge in [-0.3, -0.25) is 9.69 Å². The average Bonchev–Trinajstić information content (AvgIpc) is 2.29. The van der Waals surface area contributed by atoms with Crippen molar-refractivity contribution in [3.63, 3.8) is 0 Å². The van der Waals surface area contributed by atoms with Crippen LogP contribution < -0.4 is 0 Å². The van der Waals surface area contributed by atoms with Crippen LogP contribution in [0.15, 0.2) is 0 Å². The molecule has 0 aromatic rings. The van der Waals surface area contributed by atoms with Gasteiger partial charge in [-0.05, 0) is 38.1 Å². The second-order valence-electron chi connectivity index (χ2n) is 5.69. The van der Waals surface area contributed by atoms with E-state index in [0.29, 0.717) is 18.8 Å². The number of halogens is 3. The maximum Gasteiger partial charge on any atom is 0.401 e. The van der Waals surface area contributed by atoms with Crippen LogP contribution in [0.2, 0.25) is 0 Å². The molecule has 1 saturated carbocycles. The van der Waals surface area contributed by atoms with Crippen molar-refractivity contribution in [1.82, 2.24) is 4.90 Å². The lowest BCUT2D eigenvalue weighted by molar-refractivity contribution is -0.163. The molecule has 112 valence electrons. The van der Waals surface area contributed by atoms with Gasteiger partial charge < -0.3 is 5.11 Å². The molecule has 1 fully saturated rings. The quantitative estimate of drug-likeness (QED) is 0.841. The second kappa shape index (κ2) is 6.11. The van der Waals surface area contributed by atoms with Gasteiger partial charge in [0.1, 0.15) is 0 Å². The van der Waals surface area contributed by atoms with Crippen molar-refractivity contribution < 1.29 is 23.1 Å². The summed E-state index contributed by atoms with van der Waals surface area (Å²) in [6.45, 7) is 2.86. The Bertz CT molecular complexity index is 310. The number of hydrogen-bond acceptors (Lipinski definition) is 2. The molecule has 0 amide bonds. The molecule has 0 atom stereocenters. The van der Waals surface area contributed by atoms with Crippen LogP contribution in [0, 0.1) is 11.3 Å². The number of alkyl halides is 3. The van der Waals surface area contributed by atoms with Crippen molar-refractivity contribution in [2.45, 2.75) is 45.7 Å². The molecule has 0 unspecified atom stereocenters. The van der Waals surface area contributed by atoms with E-state index >= 15 is 0 Å². The van der Waals surface area contributed by atoms with E-state index < -0.39 is 24.1 Å². The number of carbonyl (C=O) groups is 1. The lowest BCUT2D eigenvalue weighted by Crippen LogP contribution is -2.47. The lowest BCUT2D eigenvalue weighted by atomic mass is 9.70.